The zero-order chi connectivity index (χ0) is 22.3. The summed E-state index contributed by atoms with van der Waals surface area (Å²) in [6.07, 6.45) is 1.49. The van der Waals surface area contributed by atoms with Crippen molar-refractivity contribution in [2.75, 3.05) is 6.61 Å². The van der Waals surface area contributed by atoms with E-state index < -0.39 is 0 Å². The van der Waals surface area contributed by atoms with Crippen LogP contribution >= 0.6 is 11.6 Å². The van der Waals surface area contributed by atoms with Crippen molar-refractivity contribution in [3.63, 3.8) is 0 Å². The van der Waals surface area contributed by atoms with Gasteiger partial charge < -0.3 is 4.74 Å². The summed E-state index contributed by atoms with van der Waals surface area (Å²) in [5.41, 5.74) is 6.58. The van der Waals surface area contributed by atoms with Gasteiger partial charge in [-0.15, -0.1) is 0 Å². The van der Waals surface area contributed by atoms with Gasteiger partial charge in [-0.2, -0.15) is 10.2 Å². The van der Waals surface area contributed by atoms with Crippen LogP contribution in [-0.2, 0) is 4.79 Å². The number of ether oxygens (including phenoxy) is 1. The highest BCUT2D eigenvalue weighted by Crippen LogP contribution is 2.29. The highest BCUT2D eigenvalue weighted by atomic mass is 35.5. The van der Waals surface area contributed by atoms with E-state index in [-0.39, 0.29) is 12.5 Å². The smallest absolute Gasteiger partial charge is 0.277 e. The molecule has 4 rings (SSSR count). The number of amides is 1. The van der Waals surface area contributed by atoms with Crippen molar-refractivity contribution in [1.29, 1.82) is 0 Å². The molecule has 1 heterocycles. The molecule has 32 heavy (non-hydrogen) atoms. The number of halogens is 1. The predicted molar refractivity (Wildman–Crippen MR) is 126 cm³/mol. The van der Waals surface area contributed by atoms with Crippen molar-refractivity contribution in [2.24, 2.45) is 5.10 Å². The zero-order valence-electron chi connectivity index (χ0n) is 17.4. The van der Waals surface area contributed by atoms with E-state index in [0.29, 0.717) is 22.2 Å². The predicted octanol–water partition coefficient (Wildman–Crippen LogP) is 5.03. The molecular weight excluding hydrogens is 424 g/mol. The third-order valence-corrected chi connectivity index (χ3v) is 5.13. The number of aryl methyl sites for hydroxylation is 1. The first-order chi connectivity index (χ1) is 15.6. The Morgan fingerprint density at radius 2 is 1.69 bits per heavy atom. The number of para-hydroxylation sites is 2. The molecule has 7 heteroatoms. The second-order valence-electron chi connectivity index (χ2n) is 6.98. The van der Waals surface area contributed by atoms with Crippen LogP contribution in [0.1, 0.15) is 11.3 Å². The Labute approximate surface area is 191 Å². The van der Waals surface area contributed by atoms with E-state index >= 15 is 0 Å². The molecule has 160 valence electrons. The normalized spacial score (nSPS) is 10.9. The van der Waals surface area contributed by atoms with Crippen LogP contribution in [0.4, 0.5) is 0 Å². The maximum Gasteiger partial charge on any atom is 0.277 e. The van der Waals surface area contributed by atoms with Crippen LogP contribution in [0.2, 0.25) is 5.15 Å². The highest BCUT2D eigenvalue weighted by molar-refractivity contribution is 6.32. The van der Waals surface area contributed by atoms with Gasteiger partial charge in [0.2, 0.25) is 0 Å². The lowest BCUT2D eigenvalue weighted by atomic mass is 10.1. The third-order valence-electron chi connectivity index (χ3n) is 4.76. The lowest BCUT2D eigenvalue weighted by Gasteiger charge is -2.10. The summed E-state index contributed by atoms with van der Waals surface area (Å²) in [6.45, 7) is 1.66. The Kier molecular flexibility index (Phi) is 6.63. The molecule has 0 saturated heterocycles. The van der Waals surface area contributed by atoms with Crippen LogP contribution < -0.4 is 10.2 Å². The Morgan fingerprint density at radius 1 is 1.03 bits per heavy atom. The van der Waals surface area contributed by atoms with Crippen molar-refractivity contribution < 1.29 is 9.53 Å². The number of carbonyl (C=O) groups excluding carboxylic acids is 1. The topological polar surface area (TPSA) is 68.5 Å². The molecular formula is C25H21ClN4O2. The average Bonchev–Trinajstić information content (AvgIpc) is 3.12. The molecule has 0 bridgehead atoms. The summed E-state index contributed by atoms with van der Waals surface area (Å²) in [5, 5.41) is 8.89. The van der Waals surface area contributed by atoms with Gasteiger partial charge in [-0.25, -0.2) is 10.1 Å². The molecule has 0 saturated carbocycles. The fourth-order valence-corrected chi connectivity index (χ4v) is 3.51. The second kappa shape index (κ2) is 9.94. The first kappa shape index (κ1) is 21.3. The summed E-state index contributed by atoms with van der Waals surface area (Å²) in [6, 6.07) is 27.0. The summed E-state index contributed by atoms with van der Waals surface area (Å²) in [7, 11) is 0. The molecule has 0 radical (unpaired) electrons. The lowest BCUT2D eigenvalue weighted by molar-refractivity contribution is -0.123. The Balaban J connectivity index is 1.39. The van der Waals surface area contributed by atoms with Gasteiger partial charge in [0.15, 0.2) is 6.61 Å². The summed E-state index contributed by atoms with van der Waals surface area (Å²) < 4.78 is 7.37. The number of aromatic nitrogens is 2. The van der Waals surface area contributed by atoms with Crippen LogP contribution in [0.15, 0.2) is 90.0 Å². The second-order valence-corrected chi connectivity index (χ2v) is 7.34. The van der Waals surface area contributed by atoms with Crippen molar-refractivity contribution in [1.82, 2.24) is 15.2 Å². The minimum atomic E-state index is -0.381. The van der Waals surface area contributed by atoms with Gasteiger partial charge in [0.25, 0.3) is 5.91 Å². The van der Waals surface area contributed by atoms with Crippen molar-refractivity contribution in [3.05, 3.63) is 101 Å². The minimum absolute atomic E-state index is 0.169. The van der Waals surface area contributed by atoms with Crippen LogP contribution in [-0.4, -0.2) is 28.5 Å². The SMILES string of the molecule is Cc1nn(-c2ccccc2)c(Cl)c1/C=N/NC(=O)COc1ccccc1-c1ccccc1. The number of carbonyl (C=O) groups is 1. The number of hydrogen-bond acceptors (Lipinski definition) is 4. The van der Waals surface area contributed by atoms with E-state index in [9.17, 15) is 4.79 Å². The van der Waals surface area contributed by atoms with Crippen LogP contribution in [0, 0.1) is 6.92 Å². The summed E-state index contributed by atoms with van der Waals surface area (Å²) in [5.74, 6) is 0.245. The number of hydrazone groups is 1. The van der Waals surface area contributed by atoms with E-state index in [2.05, 4.69) is 15.6 Å². The largest absolute Gasteiger partial charge is 0.483 e. The van der Waals surface area contributed by atoms with Crippen LogP contribution in [0.3, 0.4) is 0 Å². The zero-order valence-corrected chi connectivity index (χ0v) is 18.2. The molecule has 0 aliphatic rings. The molecule has 1 amide bonds. The maximum absolute atomic E-state index is 12.2. The molecule has 0 aliphatic heterocycles. The summed E-state index contributed by atoms with van der Waals surface area (Å²) >= 11 is 6.47. The monoisotopic (exact) mass is 444 g/mol. The Morgan fingerprint density at radius 3 is 2.44 bits per heavy atom. The van der Waals surface area contributed by atoms with Crippen molar-refractivity contribution >= 4 is 23.7 Å². The van der Waals surface area contributed by atoms with Gasteiger partial charge in [0.1, 0.15) is 10.9 Å². The average molecular weight is 445 g/mol. The quantitative estimate of drug-likeness (QED) is 0.321. The van der Waals surface area contributed by atoms with E-state index in [4.69, 9.17) is 16.3 Å². The van der Waals surface area contributed by atoms with Gasteiger partial charge in [0, 0.05) is 5.56 Å². The van der Waals surface area contributed by atoms with Crippen LogP contribution in [0.5, 0.6) is 5.75 Å². The minimum Gasteiger partial charge on any atom is -0.483 e. The molecule has 1 aromatic heterocycles. The lowest BCUT2D eigenvalue weighted by Crippen LogP contribution is -2.24. The van der Waals surface area contributed by atoms with Gasteiger partial charge in [0.05, 0.1) is 23.2 Å². The number of rotatable bonds is 7. The number of nitrogens with one attached hydrogen (secondary N) is 1. The number of hydrogen-bond donors (Lipinski definition) is 1. The third kappa shape index (κ3) is 4.87. The first-order valence-corrected chi connectivity index (χ1v) is 10.4. The Hall–Kier alpha value is -3.90. The molecule has 1 N–H and O–H groups in total. The van der Waals surface area contributed by atoms with E-state index in [1.165, 1.54) is 6.21 Å². The molecule has 0 fully saturated rings. The number of benzene rings is 3. The van der Waals surface area contributed by atoms with Gasteiger partial charge in [-0.05, 0) is 30.7 Å². The molecule has 6 nitrogen and oxygen atoms in total. The first-order valence-electron chi connectivity index (χ1n) is 10.0. The molecule has 3 aromatic carbocycles. The van der Waals surface area contributed by atoms with E-state index in [0.717, 1.165) is 16.8 Å². The fraction of sp³-hybridized carbons (Fsp3) is 0.0800. The van der Waals surface area contributed by atoms with Crippen molar-refractivity contribution in [2.45, 2.75) is 6.92 Å². The standard InChI is InChI=1S/C25H21ClN4O2/c1-18-22(25(26)30(29-18)20-12-6-3-7-13-20)16-27-28-24(31)17-32-23-15-9-8-14-21(23)19-10-4-2-5-11-19/h2-16H,17H2,1H3,(H,28,31)/b27-16+. The molecule has 0 aliphatic carbocycles. The molecule has 0 unspecified atom stereocenters. The fourth-order valence-electron chi connectivity index (χ4n) is 3.19. The van der Waals surface area contributed by atoms with Gasteiger partial charge in [-0.1, -0.05) is 78.3 Å². The highest BCUT2D eigenvalue weighted by Gasteiger charge is 2.13. The number of nitrogens with zero attached hydrogens (tertiary/aromatic N) is 3. The van der Waals surface area contributed by atoms with Gasteiger partial charge >= 0.3 is 0 Å². The maximum atomic E-state index is 12.2. The molecule has 0 spiro atoms. The van der Waals surface area contributed by atoms with E-state index in [1.807, 2.05) is 91.9 Å². The van der Waals surface area contributed by atoms with E-state index in [1.54, 1.807) is 4.68 Å². The van der Waals surface area contributed by atoms with Crippen LogP contribution in [0.25, 0.3) is 16.8 Å². The summed E-state index contributed by atoms with van der Waals surface area (Å²) in [4.78, 5) is 12.2. The Bertz CT molecular complexity index is 1240. The van der Waals surface area contributed by atoms with Crippen molar-refractivity contribution in [3.8, 4) is 22.6 Å². The molecule has 0 atom stereocenters. The molecule has 4 aromatic rings. The van der Waals surface area contributed by atoms with Gasteiger partial charge in [-0.3, -0.25) is 4.79 Å².